The number of nitro groups is 1. The summed E-state index contributed by atoms with van der Waals surface area (Å²) in [4.78, 5) is 25.2. The fourth-order valence-corrected chi connectivity index (χ4v) is 5.93. The van der Waals surface area contributed by atoms with Crippen LogP contribution in [0.25, 0.3) is 6.08 Å². The zero-order valence-corrected chi connectivity index (χ0v) is 20.4. The topological polar surface area (TPSA) is 72.7 Å². The first-order valence-electron chi connectivity index (χ1n) is 7.89. The molecule has 1 aliphatic rings. The Morgan fingerprint density at radius 1 is 1.31 bits per heavy atom. The van der Waals surface area contributed by atoms with Crippen molar-refractivity contribution in [2.45, 2.75) is 0 Å². The molecule has 10 heteroatoms. The van der Waals surface area contributed by atoms with Crippen LogP contribution in [0, 0.1) is 29.6 Å². The molecule has 0 aliphatic carbocycles. The predicted octanol–water partition coefficient (Wildman–Crippen LogP) is 5.22. The minimum atomic E-state index is -0.509. The van der Waals surface area contributed by atoms with Gasteiger partial charge in [0, 0.05) is 12.1 Å². The number of terminal acetylenes is 1. The highest BCUT2D eigenvalue weighted by Gasteiger charge is 2.34. The standard InChI is InChI=1S/C19H10I2N2O4S2/c1-2-6-27-17-14(20)7-11(8-15(17)21)9-16-18(24)22(19(28)29-16)12-4-3-5-13(10-12)23(25)26/h1,3-5,7-10H,6H2/b16-9+. The average molecular weight is 648 g/mol. The number of thiocarbonyl (C=S) groups is 1. The summed E-state index contributed by atoms with van der Waals surface area (Å²) < 4.78 is 7.61. The van der Waals surface area contributed by atoms with Crippen LogP contribution in [0.3, 0.4) is 0 Å². The van der Waals surface area contributed by atoms with Crippen molar-refractivity contribution in [1.82, 2.24) is 0 Å². The molecular formula is C19H10I2N2O4S2. The van der Waals surface area contributed by atoms with E-state index in [1.54, 1.807) is 12.1 Å². The number of non-ortho nitro benzene ring substituents is 1. The normalized spacial score (nSPS) is 14.9. The summed E-state index contributed by atoms with van der Waals surface area (Å²) in [6, 6.07) is 9.60. The number of hydrogen-bond acceptors (Lipinski definition) is 6. The molecule has 3 rings (SSSR count). The number of hydrogen-bond donors (Lipinski definition) is 0. The van der Waals surface area contributed by atoms with Gasteiger partial charge in [-0.05, 0) is 75.0 Å². The van der Waals surface area contributed by atoms with Crippen LogP contribution in [0.2, 0.25) is 0 Å². The molecule has 2 aromatic carbocycles. The van der Waals surface area contributed by atoms with Gasteiger partial charge in [-0.25, -0.2) is 0 Å². The summed E-state index contributed by atoms with van der Waals surface area (Å²) >= 11 is 10.8. The van der Waals surface area contributed by atoms with Crippen molar-refractivity contribution in [3.05, 3.63) is 64.1 Å². The van der Waals surface area contributed by atoms with E-state index in [0.717, 1.165) is 24.5 Å². The third kappa shape index (κ3) is 4.90. The molecule has 6 nitrogen and oxygen atoms in total. The van der Waals surface area contributed by atoms with Crippen LogP contribution in [0.15, 0.2) is 41.3 Å². The van der Waals surface area contributed by atoms with Crippen LogP contribution in [0.4, 0.5) is 11.4 Å². The van der Waals surface area contributed by atoms with E-state index >= 15 is 0 Å². The Balaban J connectivity index is 1.92. The first-order chi connectivity index (χ1) is 13.8. The molecule has 0 N–H and O–H groups in total. The number of carbonyl (C=O) groups excluding carboxylic acids is 1. The number of nitrogens with zero attached hydrogens (tertiary/aromatic N) is 2. The molecule has 0 spiro atoms. The van der Waals surface area contributed by atoms with Gasteiger partial charge in [-0.15, -0.1) is 6.42 Å². The number of amides is 1. The second kappa shape index (κ2) is 9.41. The van der Waals surface area contributed by atoms with Gasteiger partial charge >= 0.3 is 0 Å². The molecule has 0 atom stereocenters. The van der Waals surface area contributed by atoms with Crippen molar-refractivity contribution in [3.8, 4) is 18.1 Å². The summed E-state index contributed by atoms with van der Waals surface area (Å²) in [5.41, 5.74) is 1.07. The van der Waals surface area contributed by atoms with Crippen LogP contribution >= 0.6 is 69.2 Å². The van der Waals surface area contributed by atoms with E-state index in [0.29, 0.717) is 20.7 Å². The molecule has 0 bridgehead atoms. The zero-order valence-electron chi connectivity index (χ0n) is 14.4. The van der Waals surface area contributed by atoms with Gasteiger partial charge in [-0.3, -0.25) is 19.8 Å². The number of benzene rings is 2. The first-order valence-corrected chi connectivity index (χ1v) is 11.3. The number of thioether (sulfide) groups is 1. The molecule has 1 fully saturated rings. The van der Waals surface area contributed by atoms with Gasteiger partial charge in [0.15, 0.2) is 4.32 Å². The molecule has 0 radical (unpaired) electrons. The molecule has 2 aromatic rings. The monoisotopic (exact) mass is 648 g/mol. The molecule has 29 heavy (non-hydrogen) atoms. The second-order valence-electron chi connectivity index (χ2n) is 5.60. The van der Waals surface area contributed by atoms with Crippen molar-refractivity contribution >= 4 is 96.8 Å². The van der Waals surface area contributed by atoms with E-state index in [1.165, 1.54) is 23.1 Å². The van der Waals surface area contributed by atoms with Gasteiger partial charge in [0.2, 0.25) is 0 Å². The highest BCUT2D eigenvalue weighted by atomic mass is 127. The predicted molar refractivity (Wildman–Crippen MR) is 135 cm³/mol. The summed E-state index contributed by atoms with van der Waals surface area (Å²) in [5, 5.41) is 11.0. The van der Waals surface area contributed by atoms with Crippen LogP contribution in [0.1, 0.15) is 5.56 Å². The third-order valence-corrected chi connectivity index (χ3v) is 6.62. The Hall–Kier alpha value is -1.69. The van der Waals surface area contributed by atoms with E-state index in [9.17, 15) is 14.9 Å². The van der Waals surface area contributed by atoms with Crippen molar-refractivity contribution in [2.24, 2.45) is 0 Å². The molecule has 0 unspecified atom stereocenters. The van der Waals surface area contributed by atoms with E-state index < -0.39 is 4.92 Å². The maximum absolute atomic E-state index is 12.9. The lowest BCUT2D eigenvalue weighted by atomic mass is 10.2. The lowest BCUT2D eigenvalue weighted by Crippen LogP contribution is -2.27. The van der Waals surface area contributed by atoms with E-state index in [2.05, 4.69) is 51.1 Å². The number of carbonyl (C=O) groups is 1. The Labute approximate surface area is 203 Å². The van der Waals surface area contributed by atoms with Crippen LogP contribution < -0.4 is 9.64 Å². The van der Waals surface area contributed by atoms with Gasteiger partial charge in [0.1, 0.15) is 12.4 Å². The van der Waals surface area contributed by atoms with Crippen LogP contribution in [0.5, 0.6) is 5.75 Å². The summed E-state index contributed by atoms with van der Waals surface area (Å²) in [6.45, 7) is 0.174. The minimum absolute atomic E-state index is 0.104. The van der Waals surface area contributed by atoms with Gasteiger partial charge in [-0.1, -0.05) is 36.0 Å². The van der Waals surface area contributed by atoms with Crippen molar-refractivity contribution in [1.29, 1.82) is 0 Å². The van der Waals surface area contributed by atoms with Crippen molar-refractivity contribution in [2.75, 3.05) is 11.5 Å². The third-order valence-electron chi connectivity index (χ3n) is 3.71. The van der Waals surface area contributed by atoms with Gasteiger partial charge in [0.05, 0.1) is 22.7 Å². The van der Waals surface area contributed by atoms with Gasteiger partial charge in [0.25, 0.3) is 11.6 Å². The molecule has 1 heterocycles. The Morgan fingerprint density at radius 2 is 2.00 bits per heavy atom. The number of ether oxygens (including phenoxy) is 1. The lowest BCUT2D eigenvalue weighted by molar-refractivity contribution is -0.384. The molecule has 0 aromatic heterocycles. The number of anilines is 1. The maximum Gasteiger partial charge on any atom is 0.271 e. The summed E-state index contributed by atoms with van der Waals surface area (Å²) in [6.07, 6.45) is 6.99. The number of nitro benzene ring substituents is 1. The summed E-state index contributed by atoms with van der Waals surface area (Å²) in [7, 11) is 0. The summed E-state index contributed by atoms with van der Waals surface area (Å²) in [5.74, 6) is 2.81. The number of halogens is 2. The lowest BCUT2D eigenvalue weighted by Gasteiger charge is -2.14. The van der Waals surface area contributed by atoms with Gasteiger partial charge in [-0.2, -0.15) is 0 Å². The first kappa shape index (κ1) is 22.0. The fourth-order valence-electron chi connectivity index (χ4n) is 2.50. The quantitative estimate of drug-likeness (QED) is 0.111. The molecule has 146 valence electrons. The Morgan fingerprint density at radius 3 is 2.62 bits per heavy atom. The van der Waals surface area contributed by atoms with Crippen LogP contribution in [-0.2, 0) is 4.79 Å². The molecule has 1 saturated heterocycles. The van der Waals surface area contributed by atoms with Crippen LogP contribution in [-0.4, -0.2) is 21.8 Å². The Bertz CT molecular complexity index is 1090. The van der Waals surface area contributed by atoms with E-state index in [1.807, 2.05) is 12.1 Å². The maximum atomic E-state index is 12.9. The SMILES string of the molecule is C#CCOc1c(I)cc(/C=C2/SC(=S)N(c3cccc([N+](=O)[O-])c3)C2=O)cc1I. The van der Waals surface area contributed by atoms with E-state index in [4.69, 9.17) is 23.4 Å². The molecule has 0 saturated carbocycles. The highest BCUT2D eigenvalue weighted by molar-refractivity contribution is 14.1. The largest absolute Gasteiger partial charge is 0.479 e. The minimum Gasteiger partial charge on any atom is -0.479 e. The van der Waals surface area contributed by atoms with Crippen molar-refractivity contribution in [3.63, 3.8) is 0 Å². The Kier molecular flexibility index (Phi) is 7.14. The average Bonchev–Trinajstić information content (AvgIpc) is 2.94. The highest BCUT2D eigenvalue weighted by Crippen LogP contribution is 2.38. The molecule has 1 aliphatic heterocycles. The smallest absolute Gasteiger partial charge is 0.271 e. The van der Waals surface area contributed by atoms with Crippen molar-refractivity contribution < 1.29 is 14.5 Å². The zero-order chi connectivity index (χ0) is 21.1. The molecule has 1 amide bonds. The molecular weight excluding hydrogens is 638 g/mol. The fraction of sp³-hybridized carbons (Fsp3) is 0.0526. The van der Waals surface area contributed by atoms with E-state index in [-0.39, 0.29) is 18.2 Å². The van der Waals surface area contributed by atoms with Gasteiger partial charge < -0.3 is 4.74 Å². The second-order valence-corrected chi connectivity index (χ2v) is 9.60. The number of rotatable bonds is 5.